The number of amides is 2. The first-order valence-electron chi connectivity index (χ1n) is 7.87. The number of ether oxygens (including phenoxy) is 1. The van der Waals surface area contributed by atoms with E-state index in [2.05, 4.69) is 16.2 Å². The number of benzene rings is 2. The van der Waals surface area contributed by atoms with Crippen molar-refractivity contribution in [2.45, 2.75) is 0 Å². The minimum atomic E-state index is -0.573. The molecule has 0 atom stereocenters. The van der Waals surface area contributed by atoms with Crippen molar-refractivity contribution in [3.05, 3.63) is 75.8 Å². The summed E-state index contributed by atoms with van der Waals surface area (Å²) in [5, 5.41) is 12.9. The van der Waals surface area contributed by atoms with E-state index in [1.807, 2.05) is 6.07 Å². The Labute approximate surface area is 165 Å². The highest BCUT2D eigenvalue weighted by atomic mass is 32.1. The Morgan fingerprint density at radius 3 is 2.43 bits per heavy atom. The molecule has 28 heavy (non-hydrogen) atoms. The SMILES string of the molecule is COc1ccccc1C=CC(=O)NC(=S)NNC(=O)c1ccc([N+](=O)[O-])cc1. The lowest BCUT2D eigenvalue weighted by molar-refractivity contribution is -0.384. The maximum absolute atomic E-state index is 12.0. The smallest absolute Gasteiger partial charge is 0.269 e. The van der Waals surface area contributed by atoms with Gasteiger partial charge in [0.05, 0.1) is 12.0 Å². The number of nitro benzene ring substituents is 1. The van der Waals surface area contributed by atoms with Gasteiger partial charge in [-0.15, -0.1) is 0 Å². The molecule has 2 aromatic rings. The Morgan fingerprint density at radius 2 is 1.79 bits per heavy atom. The number of hydrogen-bond acceptors (Lipinski definition) is 6. The number of rotatable bonds is 5. The molecular formula is C18H16N4O5S. The van der Waals surface area contributed by atoms with E-state index < -0.39 is 16.7 Å². The van der Waals surface area contributed by atoms with Crippen LogP contribution < -0.4 is 20.9 Å². The van der Waals surface area contributed by atoms with Crippen LogP contribution in [0.4, 0.5) is 5.69 Å². The topological polar surface area (TPSA) is 123 Å². The summed E-state index contributed by atoms with van der Waals surface area (Å²) in [6.07, 6.45) is 2.83. The van der Waals surface area contributed by atoms with Gasteiger partial charge in [-0.1, -0.05) is 18.2 Å². The number of carbonyl (C=O) groups is 2. The maximum Gasteiger partial charge on any atom is 0.269 e. The van der Waals surface area contributed by atoms with E-state index in [0.717, 1.165) is 0 Å². The Morgan fingerprint density at radius 1 is 1.11 bits per heavy atom. The summed E-state index contributed by atoms with van der Waals surface area (Å²) in [5.74, 6) is -0.466. The van der Waals surface area contributed by atoms with Crippen molar-refractivity contribution in [2.75, 3.05) is 7.11 Å². The maximum atomic E-state index is 12.0. The Balaban J connectivity index is 1.84. The van der Waals surface area contributed by atoms with Crippen LogP contribution in [0.2, 0.25) is 0 Å². The third kappa shape index (κ3) is 5.88. The minimum absolute atomic E-state index is 0.120. The van der Waals surface area contributed by atoms with Gasteiger partial charge in [0.1, 0.15) is 5.75 Å². The van der Waals surface area contributed by atoms with Gasteiger partial charge in [-0.25, -0.2) is 0 Å². The minimum Gasteiger partial charge on any atom is -0.496 e. The molecule has 0 saturated heterocycles. The zero-order chi connectivity index (χ0) is 20.5. The van der Waals surface area contributed by atoms with E-state index in [1.165, 1.54) is 37.5 Å². The van der Waals surface area contributed by atoms with Crippen molar-refractivity contribution in [1.82, 2.24) is 16.2 Å². The van der Waals surface area contributed by atoms with Crippen molar-refractivity contribution in [3.8, 4) is 5.75 Å². The number of hydrogen-bond donors (Lipinski definition) is 3. The molecule has 0 aliphatic carbocycles. The molecule has 0 fully saturated rings. The number of thiocarbonyl (C=S) groups is 1. The molecule has 10 heteroatoms. The third-order valence-corrected chi connectivity index (χ3v) is 3.62. The number of nitro groups is 1. The molecule has 0 radical (unpaired) electrons. The van der Waals surface area contributed by atoms with Crippen LogP contribution in [0.3, 0.4) is 0 Å². The average Bonchev–Trinajstić information content (AvgIpc) is 2.70. The van der Waals surface area contributed by atoms with Crippen molar-refractivity contribution in [2.24, 2.45) is 0 Å². The van der Waals surface area contributed by atoms with Gasteiger partial charge in [-0.2, -0.15) is 0 Å². The molecule has 0 aliphatic rings. The van der Waals surface area contributed by atoms with Gasteiger partial charge in [-0.3, -0.25) is 35.9 Å². The van der Waals surface area contributed by atoms with Crippen LogP contribution in [0.25, 0.3) is 6.08 Å². The molecular weight excluding hydrogens is 384 g/mol. The molecule has 3 N–H and O–H groups in total. The Hall–Kier alpha value is -3.79. The predicted molar refractivity (Wildman–Crippen MR) is 106 cm³/mol. The van der Waals surface area contributed by atoms with Gasteiger partial charge in [0.25, 0.3) is 11.6 Å². The molecule has 9 nitrogen and oxygen atoms in total. The van der Waals surface area contributed by atoms with Crippen molar-refractivity contribution in [3.63, 3.8) is 0 Å². The summed E-state index contributed by atoms with van der Waals surface area (Å²) in [4.78, 5) is 33.9. The Bertz CT molecular complexity index is 928. The first-order chi connectivity index (χ1) is 13.4. The van der Waals surface area contributed by atoms with Gasteiger partial charge in [-0.05, 0) is 36.5 Å². The molecule has 2 rings (SSSR count). The largest absolute Gasteiger partial charge is 0.496 e. The lowest BCUT2D eigenvalue weighted by Crippen LogP contribution is -2.48. The molecule has 0 bridgehead atoms. The standard InChI is InChI=1S/C18H16N4O5S/c1-27-15-5-3-2-4-12(15)8-11-16(23)19-18(28)21-20-17(24)13-6-9-14(10-7-13)22(25)26/h2-11H,1H3,(H,20,24)(H2,19,21,23,28). The van der Waals surface area contributed by atoms with E-state index >= 15 is 0 Å². The summed E-state index contributed by atoms with van der Waals surface area (Å²) in [6.45, 7) is 0. The quantitative estimate of drug-likeness (QED) is 0.303. The molecule has 144 valence electrons. The molecule has 0 aliphatic heterocycles. The molecule has 0 unspecified atom stereocenters. The molecule has 2 aromatic carbocycles. The lowest BCUT2D eigenvalue weighted by atomic mass is 10.2. The monoisotopic (exact) mass is 400 g/mol. The third-order valence-electron chi connectivity index (χ3n) is 3.42. The van der Waals surface area contributed by atoms with Crippen molar-refractivity contribution in [1.29, 1.82) is 0 Å². The van der Waals surface area contributed by atoms with Crippen LogP contribution in [-0.2, 0) is 4.79 Å². The average molecular weight is 400 g/mol. The molecule has 0 aromatic heterocycles. The molecule has 0 heterocycles. The van der Waals surface area contributed by atoms with Crippen molar-refractivity contribution < 1.29 is 19.2 Å². The molecule has 2 amide bonds. The zero-order valence-corrected chi connectivity index (χ0v) is 15.5. The number of carbonyl (C=O) groups excluding carboxylic acids is 2. The highest BCUT2D eigenvalue weighted by Gasteiger charge is 2.10. The summed E-state index contributed by atoms with van der Waals surface area (Å²) in [5.41, 5.74) is 5.43. The highest BCUT2D eigenvalue weighted by Crippen LogP contribution is 2.18. The summed E-state index contributed by atoms with van der Waals surface area (Å²) in [7, 11) is 1.53. The zero-order valence-electron chi connectivity index (χ0n) is 14.7. The van der Waals surface area contributed by atoms with Crippen LogP contribution in [0, 0.1) is 10.1 Å². The van der Waals surface area contributed by atoms with E-state index in [-0.39, 0.29) is 16.4 Å². The fourth-order valence-corrected chi connectivity index (χ4v) is 2.23. The van der Waals surface area contributed by atoms with Crippen LogP contribution in [-0.4, -0.2) is 29.0 Å². The van der Waals surface area contributed by atoms with E-state index in [0.29, 0.717) is 11.3 Å². The normalized spacial score (nSPS) is 10.2. The van der Waals surface area contributed by atoms with Crippen LogP contribution in [0.5, 0.6) is 5.75 Å². The number of nitrogens with zero attached hydrogens (tertiary/aromatic N) is 1. The number of methoxy groups -OCH3 is 1. The van der Waals surface area contributed by atoms with Gasteiger partial charge < -0.3 is 4.74 Å². The fraction of sp³-hybridized carbons (Fsp3) is 0.0556. The first-order valence-corrected chi connectivity index (χ1v) is 8.28. The molecule has 0 saturated carbocycles. The van der Waals surface area contributed by atoms with E-state index in [9.17, 15) is 19.7 Å². The summed E-state index contributed by atoms with van der Waals surface area (Å²) < 4.78 is 5.18. The Kier molecular flexibility index (Phi) is 7.17. The van der Waals surface area contributed by atoms with E-state index in [4.69, 9.17) is 17.0 Å². The van der Waals surface area contributed by atoms with E-state index in [1.54, 1.807) is 24.3 Å². The first kappa shape index (κ1) is 20.5. The second-order valence-corrected chi connectivity index (χ2v) is 5.69. The number of para-hydroxylation sites is 1. The van der Waals surface area contributed by atoms with Crippen LogP contribution >= 0.6 is 12.2 Å². The number of hydrazine groups is 1. The van der Waals surface area contributed by atoms with Crippen LogP contribution in [0.15, 0.2) is 54.6 Å². The van der Waals surface area contributed by atoms with Gasteiger partial charge in [0.2, 0.25) is 5.91 Å². The van der Waals surface area contributed by atoms with Gasteiger partial charge >= 0.3 is 0 Å². The van der Waals surface area contributed by atoms with Gasteiger partial charge in [0.15, 0.2) is 5.11 Å². The van der Waals surface area contributed by atoms with Crippen LogP contribution in [0.1, 0.15) is 15.9 Å². The number of nitrogens with one attached hydrogen (secondary N) is 3. The van der Waals surface area contributed by atoms with Gasteiger partial charge in [0, 0.05) is 29.3 Å². The van der Waals surface area contributed by atoms with Crippen molar-refractivity contribution >= 4 is 40.9 Å². The number of non-ortho nitro benzene ring substituents is 1. The fourth-order valence-electron chi connectivity index (χ4n) is 2.07. The predicted octanol–water partition coefficient (Wildman–Crippen LogP) is 1.95. The lowest BCUT2D eigenvalue weighted by Gasteiger charge is -2.09. The summed E-state index contributed by atoms with van der Waals surface area (Å²) in [6, 6.07) is 12.2. The second-order valence-electron chi connectivity index (χ2n) is 5.28. The second kappa shape index (κ2) is 9.78. The highest BCUT2D eigenvalue weighted by molar-refractivity contribution is 7.80. The molecule has 0 spiro atoms. The summed E-state index contributed by atoms with van der Waals surface area (Å²) >= 11 is 4.93.